The molecule has 6 nitrogen and oxygen atoms in total. The van der Waals surface area contributed by atoms with Crippen molar-refractivity contribution in [3.63, 3.8) is 0 Å². The standard InChI is InChI=1S/C16H20ClN5O/c1-23-12-7-14(16-20-19-15-3-2-6-22(15)16)21(10-12)9-11-4-5-18-8-13(11)17/h4-5,8,12,14H,2-3,6-7,9-10H2,1H3/t12-,14+/m1/s1. The second-order valence-corrected chi connectivity index (χ2v) is 6.64. The van der Waals surface area contributed by atoms with Crippen LogP contribution in [0.4, 0.5) is 0 Å². The Hall–Kier alpha value is -1.50. The lowest BCUT2D eigenvalue weighted by Gasteiger charge is -2.24. The number of pyridine rings is 1. The van der Waals surface area contributed by atoms with Gasteiger partial charge in [-0.15, -0.1) is 10.2 Å². The monoisotopic (exact) mass is 333 g/mol. The number of hydrogen-bond acceptors (Lipinski definition) is 5. The first-order valence-electron chi connectivity index (χ1n) is 8.03. The second-order valence-electron chi connectivity index (χ2n) is 6.24. The number of fused-ring (bicyclic) bond motifs is 1. The predicted octanol–water partition coefficient (Wildman–Crippen LogP) is 2.23. The molecule has 23 heavy (non-hydrogen) atoms. The second kappa shape index (κ2) is 6.19. The number of hydrogen-bond donors (Lipinski definition) is 0. The van der Waals surface area contributed by atoms with Gasteiger partial charge in [-0.1, -0.05) is 11.6 Å². The van der Waals surface area contributed by atoms with Crippen molar-refractivity contribution in [1.82, 2.24) is 24.6 Å². The predicted molar refractivity (Wildman–Crippen MR) is 86.2 cm³/mol. The van der Waals surface area contributed by atoms with Gasteiger partial charge in [-0.3, -0.25) is 9.88 Å². The Morgan fingerprint density at radius 1 is 1.39 bits per heavy atom. The number of aromatic nitrogens is 4. The summed E-state index contributed by atoms with van der Waals surface area (Å²) in [6.07, 6.45) is 6.84. The molecule has 0 N–H and O–H groups in total. The molecule has 0 spiro atoms. The molecule has 0 aliphatic carbocycles. The summed E-state index contributed by atoms with van der Waals surface area (Å²) >= 11 is 6.29. The van der Waals surface area contributed by atoms with Crippen LogP contribution in [0.2, 0.25) is 5.02 Å². The number of rotatable bonds is 4. The molecule has 0 bridgehead atoms. The molecule has 0 aromatic carbocycles. The Labute approximate surface area is 140 Å². The van der Waals surface area contributed by atoms with Crippen molar-refractivity contribution in [3.8, 4) is 0 Å². The molecule has 0 amide bonds. The van der Waals surface area contributed by atoms with Crippen LogP contribution in [0.15, 0.2) is 18.5 Å². The normalized spacial score (nSPS) is 24.3. The van der Waals surface area contributed by atoms with E-state index in [0.29, 0.717) is 5.02 Å². The van der Waals surface area contributed by atoms with E-state index in [-0.39, 0.29) is 12.1 Å². The third-order valence-electron chi connectivity index (χ3n) is 4.86. The van der Waals surface area contributed by atoms with E-state index in [1.807, 2.05) is 6.07 Å². The zero-order valence-corrected chi connectivity index (χ0v) is 13.9. The molecule has 2 atom stereocenters. The van der Waals surface area contributed by atoms with E-state index < -0.39 is 0 Å². The van der Waals surface area contributed by atoms with E-state index in [0.717, 1.165) is 56.1 Å². The molecule has 2 aromatic heterocycles. The van der Waals surface area contributed by atoms with Crippen LogP contribution in [0.3, 0.4) is 0 Å². The summed E-state index contributed by atoms with van der Waals surface area (Å²) in [4.78, 5) is 6.46. The minimum absolute atomic E-state index is 0.218. The quantitative estimate of drug-likeness (QED) is 0.859. The topological polar surface area (TPSA) is 56.1 Å². The highest BCUT2D eigenvalue weighted by Gasteiger charge is 2.37. The number of nitrogens with zero attached hydrogens (tertiary/aromatic N) is 5. The van der Waals surface area contributed by atoms with Crippen LogP contribution >= 0.6 is 11.6 Å². The van der Waals surface area contributed by atoms with E-state index in [1.54, 1.807) is 19.5 Å². The summed E-state index contributed by atoms with van der Waals surface area (Å²) in [6, 6.07) is 2.21. The Bertz CT molecular complexity index is 704. The number of likely N-dealkylation sites (tertiary alicyclic amines) is 1. The Balaban J connectivity index is 1.62. The van der Waals surface area contributed by atoms with Gasteiger partial charge in [0.05, 0.1) is 17.2 Å². The molecule has 4 rings (SSSR count). The van der Waals surface area contributed by atoms with Gasteiger partial charge in [0.2, 0.25) is 0 Å². The van der Waals surface area contributed by atoms with E-state index in [9.17, 15) is 0 Å². The zero-order chi connectivity index (χ0) is 15.8. The van der Waals surface area contributed by atoms with E-state index in [4.69, 9.17) is 16.3 Å². The maximum Gasteiger partial charge on any atom is 0.150 e. The maximum absolute atomic E-state index is 6.29. The fourth-order valence-electron chi connectivity index (χ4n) is 3.65. The highest BCUT2D eigenvalue weighted by atomic mass is 35.5. The smallest absolute Gasteiger partial charge is 0.150 e. The van der Waals surface area contributed by atoms with Crippen LogP contribution in [0.1, 0.15) is 36.1 Å². The van der Waals surface area contributed by atoms with Gasteiger partial charge >= 0.3 is 0 Å². The number of methoxy groups -OCH3 is 1. The van der Waals surface area contributed by atoms with E-state index in [1.165, 1.54) is 0 Å². The average molecular weight is 334 g/mol. The molecule has 0 unspecified atom stereocenters. The zero-order valence-electron chi connectivity index (χ0n) is 13.2. The minimum atomic E-state index is 0.218. The molecule has 2 aliphatic rings. The summed E-state index contributed by atoms with van der Waals surface area (Å²) in [7, 11) is 1.78. The Kier molecular flexibility index (Phi) is 4.05. The molecular weight excluding hydrogens is 314 g/mol. The van der Waals surface area contributed by atoms with Gasteiger partial charge in [0, 0.05) is 45.6 Å². The lowest BCUT2D eigenvalue weighted by molar-refractivity contribution is 0.107. The SMILES string of the molecule is CO[C@@H]1C[C@@H](c2nnc3n2CCC3)N(Cc2ccncc2Cl)C1. The minimum Gasteiger partial charge on any atom is -0.380 e. The van der Waals surface area contributed by atoms with Crippen molar-refractivity contribution < 1.29 is 4.74 Å². The van der Waals surface area contributed by atoms with Crippen molar-refractivity contribution in [1.29, 1.82) is 0 Å². The van der Waals surface area contributed by atoms with Gasteiger partial charge in [0.1, 0.15) is 5.82 Å². The van der Waals surface area contributed by atoms with Crippen molar-refractivity contribution in [2.45, 2.75) is 44.5 Å². The van der Waals surface area contributed by atoms with Crippen LogP contribution in [0.25, 0.3) is 0 Å². The molecule has 0 saturated carbocycles. The van der Waals surface area contributed by atoms with E-state index in [2.05, 4.69) is 24.6 Å². The van der Waals surface area contributed by atoms with Gasteiger partial charge in [0.25, 0.3) is 0 Å². The van der Waals surface area contributed by atoms with Gasteiger partial charge < -0.3 is 9.30 Å². The van der Waals surface area contributed by atoms with Crippen LogP contribution in [0, 0.1) is 0 Å². The molecule has 1 fully saturated rings. The first kappa shape index (κ1) is 15.1. The summed E-state index contributed by atoms with van der Waals surface area (Å²) in [5.74, 6) is 2.19. The van der Waals surface area contributed by atoms with Gasteiger partial charge in [-0.2, -0.15) is 0 Å². The Morgan fingerprint density at radius 3 is 3.13 bits per heavy atom. The third kappa shape index (κ3) is 2.75. The van der Waals surface area contributed by atoms with Crippen LogP contribution in [0.5, 0.6) is 0 Å². The van der Waals surface area contributed by atoms with Crippen molar-refractivity contribution >= 4 is 11.6 Å². The first-order valence-corrected chi connectivity index (χ1v) is 8.41. The molecule has 2 aliphatic heterocycles. The van der Waals surface area contributed by atoms with Gasteiger partial charge in [-0.05, 0) is 24.5 Å². The lowest BCUT2D eigenvalue weighted by atomic mass is 10.1. The average Bonchev–Trinajstić information content (AvgIpc) is 3.24. The molecule has 122 valence electrons. The molecule has 1 saturated heterocycles. The van der Waals surface area contributed by atoms with Gasteiger partial charge in [0.15, 0.2) is 5.82 Å². The molecule has 7 heteroatoms. The van der Waals surface area contributed by atoms with Crippen LogP contribution < -0.4 is 0 Å². The number of ether oxygens (including phenoxy) is 1. The van der Waals surface area contributed by atoms with Crippen LogP contribution in [-0.2, 0) is 24.2 Å². The summed E-state index contributed by atoms with van der Waals surface area (Å²) < 4.78 is 7.89. The summed E-state index contributed by atoms with van der Waals surface area (Å²) in [5, 5.41) is 9.54. The number of aryl methyl sites for hydroxylation is 1. The largest absolute Gasteiger partial charge is 0.380 e. The van der Waals surface area contributed by atoms with E-state index >= 15 is 0 Å². The number of halogens is 1. The van der Waals surface area contributed by atoms with Crippen molar-refractivity contribution in [2.24, 2.45) is 0 Å². The van der Waals surface area contributed by atoms with Gasteiger partial charge in [-0.25, -0.2) is 0 Å². The highest BCUT2D eigenvalue weighted by Crippen LogP contribution is 2.35. The molecule has 0 radical (unpaired) electrons. The summed E-state index contributed by atoms with van der Waals surface area (Å²) in [5.41, 5.74) is 1.09. The fraction of sp³-hybridized carbons (Fsp3) is 0.562. The Morgan fingerprint density at radius 2 is 2.30 bits per heavy atom. The first-order chi connectivity index (χ1) is 11.3. The molecule has 4 heterocycles. The maximum atomic E-state index is 6.29. The van der Waals surface area contributed by atoms with Crippen LogP contribution in [-0.4, -0.2) is 44.4 Å². The van der Waals surface area contributed by atoms with Crippen molar-refractivity contribution in [3.05, 3.63) is 40.7 Å². The molecule has 2 aromatic rings. The lowest BCUT2D eigenvalue weighted by Crippen LogP contribution is -2.26. The third-order valence-corrected chi connectivity index (χ3v) is 5.20. The summed E-state index contributed by atoms with van der Waals surface area (Å²) in [6.45, 7) is 2.67. The highest BCUT2D eigenvalue weighted by molar-refractivity contribution is 6.31. The molecular formula is C16H20ClN5O. The van der Waals surface area contributed by atoms with Crippen molar-refractivity contribution in [2.75, 3.05) is 13.7 Å². The fourth-order valence-corrected chi connectivity index (χ4v) is 3.83.